The van der Waals surface area contributed by atoms with Crippen LogP contribution in [0.5, 0.6) is 0 Å². The summed E-state index contributed by atoms with van der Waals surface area (Å²) in [5.74, 6) is 0.879. The summed E-state index contributed by atoms with van der Waals surface area (Å²) >= 11 is 0. The van der Waals surface area contributed by atoms with E-state index in [2.05, 4.69) is 25.3 Å². The highest BCUT2D eigenvalue weighted by atomic mass is 16.2. The number of aromatic amines is 1. The highest BCUT2D eigenvalue weighted by molar-refractivity contribution is 6.04. The Hall–Kier alpha value is -3.52. The molecule has 2 aromatic carbocycles. The third-order valence-corrected chi connectivity index (χ3v) is 5.35. The number of carbonyl (C=O) groups excluding carboxylic acids is 1. The lowest BCUT2D eigenvalue weighted by atomic mass is 10.2. The molecule has 0 radical (unpaired) electrons. The quantitative estimate of drug-likeness (QED) is 0.580. The first-order valence-corrected chi connectivity index (χ1v) is 9.68. The minimum Gasteiger partial charge on any atom is -0.335 e. The monoisotopic (exact) mass is 387 g/mol. The van der Waals surface area contributed by atoms with Crippen LogP contribution in [0.4, 0.5) is 0 Å². The molecule has 0 atom stereocenters. The van der Waals surface area contributed by atoms with E-state index in [-0.39, 0.29) is 5.91 Å². The standard InChI is InChI=1S/C21H21N7O/c29-21(20-17-8-4-5-9-18(17)23-25-20)27-12-10-26(11-13-27)14-19-24-22-15-28(19)16-6-2-1-3-7-16/h1-9,15H,10-14H2,(H,23,25). The van der Waals surface area contributed by atoms with Gasteiger partial charge in [-0.25, -0.2) is 0 Å². The average Bonchev–Trinajstić information content (AvgIpc) is 3.41. The van der Waals surface area contributed by atoms with Gasteiger partial charge in [-0.2, -0.15) is 5.10 Å². The van der Waals surface area contributed by atoms with E-state index < -0.39 is 0 Å². The molecular formula is C21H21N7O. The lowest BCUT2D eigenvalue weighted by molar-refractivity contribution is 0.0621. The molecule has 1 aliphatic heterocycles. The molecule has 1 saturated heterocycles. The fraction of sp³-hybridized carbons (Fsp3) is 0.238. The molecule has 1 fully saturated rings. The Morgan fingerprint density at radius 2 is 1.72 bits per heavy atom. The predicted octanol–water partition coefficient (Wildman–Crippen LogP) is 2.10. The van der Waals surface area contributed by atoms with E-state index in [4.69, 9.17) is 0 Å². The maximum absolute atomic E-state index is 12.9. The number of carbonyl (C=O) groups is 1. The number of fused-ring (bicyclic) bond motifs is 1. The molecule has 0 spiro atoms. The van der Waals surface area contributed by atoms with Gasteiger partial charge < -0.3 is 4.90 Å². The minimum absolute atomic E-state index is 0.0189. The molecule has 0 saturated carbocycles. The molecule has 8 heteroatoms. The molecule has 0 bridgehead atoms. The molecule has 0 aliphatic carbocycles. The fourth-order valence-electron chi connectivity index (χ4n) is 3.76. The van der Waals surface area contributed by atoms with Crippen LogP contribution in [0.1, 0.15) is 16.3 Å². The van der Waals surface area contributed by atoms with Crippen LogP contribution < -0.4 is 0 Å². The van der Waals surface area contributed by atoms with Gasteiger partial charge in [0.05, 0.1) is 12.1 Å². The van der Waals surface area contributed by atoms with Crippen molar-refractivity contribution < 1.29 is 4.79 Å². The molecule has 1 N–H and O–H groups in total. The van der Waals surface area contributed by atoms with Gasteiger partial charge in [-0.1, -0.05) is 36.4 Å². The minimum atomic E-state index is -0.0189. The van der Waals surface area contributed by atoms with Gasteiger partial charge >= 0.3 is 0 Å². The summed E-state index contributed by atoms with van der Waals surface area (Å²) in [4.78, 5) is 17.1. The molecule has 2 aromatic heterocycles. The second-order valence-electron chi connectivity index (χ2n) is 7.14. The molecule has 29 heavy (non-hydrogen) atoms. The lowest BCUT2D eigenvalue weighted by Crippen LogP contribution is -2.48. The first-order chi connectivity index (χ1) is 14.3. The largest absolute Gasteiger partial charge is 0.335 e. The second kappa shape index (κ2) is 7.48. The lowest BCUT2D eigenvalue weighted by Gasteiger charge is -2.34. The summed E-state index contributed by atoms with van der Waals surface area (Å²) in [7, 11) is 0. The van der Waals surface area contributed by atoms with Crippen molar-refractivity contribution in [2.24, 2.45) is 0 Å². The number of piperazine rings is 1. The van der Waals surface area contributed by atoms with E-state index in [0.29, 0.717) is 25.3 Å². The third kappa shape index (κ3) is 3.38. The van der Waals surface area contributed by atoms with Crippen molar-refractivity contribution in [3.63, 3.8) is 0 Å². The molecule has 1 amide bonds. The van der Waals surface area contributed by atoms with Crippen LogP contribution >= 0.6 is 0 Å². The van der Waals surface area contributed by atoms with Crippen LogP contribution in [0, 0.1) is 0 Å². The first-order valence-electron chi connectivity index (χ1n) is 9.68. The number of benzene rings is 2. The Balaban J connectivity index is 1.25. The molecule has 8 nitrogen and oxygen atoms in total. The third-order valence-electron chi connectivity index (χ3n) is 5.35. The van der Waals surface area contributed by atoms with Crippen molar-refractivity contribution in [1.82, 2.24) is 34.8 Å². The molecule has 3 heterocycles. The number of amides is 1. The smallest absolute Gasteiger partial charge is 0.275 e. The highest BCUT2D eigenvalue weighted by Gasteiger charge is 2.25. The molecule has 0 unspecified atom stereocenters. The van der Waals surface area contributed by atoms with Crippen LogP contribution in [0.3, 0.4) is 0 Å². The van der Waals surface area contributed by atoms with Gasteiger partial charge in [0, 0.05) is 37.3 Å². The summed E-state index contributed by atoms with van der Waals surface area (Å²) in [6.07, 6.45) is 1.74. The number of nitrogens with zero attached hydrogens (tertiary/aromatic N) is 6. The van der Waals surface area contributed by atoms with Gasteiger partial charge in [0.2, 0.25) is 0 Å². The number of rotatable bonds is 4. The van der Waals surface area contributed by atoms with Gasteiger partial charge in [0.1, 0.15) is 6.33 Å². The maximum Gasteiger partial charge on any atom is 0.275 e. The van der Waals surface area contributed by atoms with Crippen LogP contribution in [-0.4, -0.2) is 66.8 Å². The Labute approximate surface area is 167 Å². The van der Waals surface area contributed by atoms with Crippen LogP contribution in [-0.2, 0) is 6.54 Å². The van der Waals surface area contributed by atoms with Crippen molar-refractivity contribution in [3.8, 4) is 5.69 Å². The highest BCUT2D eigenvalue weighted by Crippen LogP contribution is 2.18. The number of para-hydroxylation sites is 2. The fourth-order valence-corrected chi connectivity index (χ4v) is 3.76. The van der Waals surface area contributed by atoms with Crippen molar-refractivity contribution >= 4 is 16.8 Å². The maximum atomic E-state index is 12.9. The van der Waals surface area contributed by atoms with Crippen LogP contribution in [0.25, 0.3) is 16.6 Å². The van der Waals surface area contributed by atoms with E-state index in [0.717, 1.165) is 35.5 Å². The zero-order chi connectivity index (χ0) is 19.6. The first kappa shape index (κ1) is 17.6. The van der Waals surface area contributed by atoms with Crippen molar-refractivity contribution in [3.05, 3.63) is 72.4 Å². The number of hydrogen-bond donors (Lipinski definition) is 1. The van der Waals surface area contributed by atoms with Gasteiger partial charge in [-0.3, -0.25) is 19.4 Å². The van der Waals surface area contributed by atoms with Gasteiger partial charge in [-0.15, -0.1) is 10.2 Å². The van der Waals surface area contributed by atoms with Gasteiger partial charge in [-0.05, 0) is 18.2 Å². The molecule has 146 valence electrons. The zero-order valence-corrected chi connectivity index (χ0v) is 15.9. The Morgan fingerprint density at radius 3 is 2.55 bits per heavy atom. The number of hydrogen-bond acceptors (Lipinski definition) is 5. The second-order valence-corrected chi connectivity index (χ2v) is 7.14. The molecule has 5 rings (SSSR count). The van der Waals surface area contributed by atoms with Crippen molar-refractivity contribution in [2.75, 3.05) is 26.2 Å². The van der Waals surface area contributed by atoms with Crippen molar-refractivity contribution in [2.45, 2.75) is 6.54 Å². The van der Waals surface area contributed by atoms with Crippen LogP contribution in [0.15, 0.2) is 60.9 Å². The molecular weight excluding hydrogens is 366 g/mol. The van der Waals surface area contributed by atoms with E-state index in [1.807, 2.05) is 64.1 Å². The summed E-state index contributed by atoms with van der Waals surface area (Å²) in [6.45, 7) is 3.60. The molecule has 4 aromatic rings. The summed E-state index contributed by atoms with van der Waals surface area (Å²) < 4.78 is 2.01. The van der Waals surface area contributed by atoms with Crippen molar-refractivity contribution in [1.29, 1.82) is 0 Å². The Bertz CT molecular complexity index is 1130. The van der Waals surface area contributed by atoms with E-state index in [1.54, 1.807) is 6.33 Å². The number of nitrogens with one attached hydrogen (secondary N) is 1. The number of aromatic nitrogens is 5. The normalized spacial score (nSPS) is 15.1. The van der Waals surface area contributed by atoms with Gasteiger partial charge in [0.15, 0.2) is 11.5 Å². The Kier molecular flexibility index (Phi) is 4.53. The summed E-state index contributed by atoms with van der Waals surface area (Å²) in [5, 5.41) is 16.4. The van der Waals surface area contributed by atoms with E-state index in [1.165, 1.54) is 0 Å². The van der Waals surface area contributed by atoms with E-state index >= 15 is 0 Å². The topological polar surface area (TPSA) is 82.9 Å². The van der Waals surface area contributed by atoms with E-state index in [9.17, 15) is 4.79 Å². The van der Waals surface area contributed by atoms with Crippen LogP contribution in [0.2, 0.25) is 0 Å². The SMILES string of the molecule is O=C(c1n[nH]c2ccccc12)N1CCN(Cc2nncn2-c2ccccc2)CC1. The molecule has 1 aliphatic rings. The Morgan fingerprint density at radius 1 is 0.966 bits per heavy atom. The summed E-state index contributed by atoms with van der Waals surface area (Å²) in [5.41, 5.74) is 2.43. The van der Waals surface area contributed by atoms with Gasteiger partial charge in [0.25, 0.3) is 5.91 Å². The number of H-pyrrole nitrogens is 1. The zero-order valence-electron chi connectivity index (χ0n) is 15.9. The predicted molar refractivity (Wildman–Crippen MR) is 109 cm³/mol. The average molecular weight is 387 g/mol. The summed E-state index contributed by atoms with van der Waals surface area (Å²) in [6, 6.07) is 17.8.